The summed E-state index contributed by atoms with van der Waals surface area (Å²) in [6.45, 7) is 12.2. The number of nitrogens with two attached hydrogens (primary N) is 1. The fourth-order valence-corrected chi connectivity index (χ4v) is 1.91. The van der Waals surface area contributed by atoms with Crippen LogP contribution in [0.1, 0.15) is 59.2 Å². The molecular weight excluding hydrogens is 210 g/mol. The molecule has 0 amide bonds. The summed E-state index contributed by atoms with van der Waals surface area (Å²) < 4.78 is 2.21. The Bertz CT molecular complexity index is 333. The van der Waals surface area contributed by atoms with Gasteiger partial charge in [0.05, 0.1) is 12.0 Å². The van der Waals surface area contributed by atoms with E-state index in [0.717, 1.165) is 19.4 Å². The molecule has 0 bridgehead atoms. The van der Waals surface area contributed by atoms with Gasteiger partial charge in [-0.2, -0.15) is 0 Å². The minimum atomic E-state index is 0.109. The molecule has 0 aliphatic rings. The number of aryl methyl sites for hydroxylation is 1. The molecule has 2 N–H and O–H groups in total. The van der Waals surface area contributed by atoms with Crippen molar-refractivity contribution in [3.05, 3.63) is 18.2 Å². The molecule has 98 valence electrons. The first kappa shape index (κ1) is 14.2. The summed E-state index contributed by atoms with van der Waals surface area (Å²) in [5, 5.41) is 0. The largest absolute Gasteiger partial charge is 0.333 e. The second-order valence-corrected chi connectivity index (χ2v) is 6.56. The summed E-state index contributed by atoms with van der Waals surface area (Å²) in [6, 6.07) is 0.109. The predicted octanol–water partition coefficient (Wildman–Crippen LogP) is 3.37. The van der Waals surface area contributed by atoms with Crippen LogP contribution in [0.2, 0.25) is 0 Å². The molecule has 3 nitrogen and oxygen atoms in total. The van der Waals surface area contributed by atoms with Gasteiger partial charge in [-0.1, -0.05) is 34.6 Å². The van der Waals surface area contributed by atoms with Gasteiger partial charge >= 0.3 is 0 Å². The van der Waals surface area contributed by atoms with Crippen LogP contribution >= 0.6 is 0 Å². The number of hydrogen-bond acceptors (Lipinski definition) is 2. The van der Waals surface area contributed by atoms with Gasteiger partial charge < -0.3 is 10.3 Å². The molecule has 1 heterocycles. The fourth-order valence-electron chi connectivity index (χ4n) is 1.91. The number of aromatic nitrogens is 2. The Labute approximate surface area is 105 Å². The molecule has 0 saturated carbocycles. The molecule has 1 atom stereocenters. The van der Waals surface area contributed by atoms with Crippen molar-refractivity contribution in [1.29, 1.82) is 0 Å². The second-order valence-electron chi connectivity index (χ2n) is 6.56. The summed E-state index contributed by atoms with van der Waals surface area (Å²) in [5.41, 5.74) is 7.74. The molecule has 0 radical (unpaired) electrons. The van der Waals surface area contributed by atoms with E-state index in [9.17, 15) is 0 Å². The Balaban J connectivity index is 2.65. The third kappa shape index (κ3) is 4.90. The summed E-state index contributed by atoms with van der Waals surface area (Å²) in [7, 11) is 0. The van der Waals surface area contributed by atoms with Gasteiger partial charge in [-0.3, -0.25) is 0 Å². The van der Waals surface area contributed by atoms with Gasteiger partial charge in [-0.25, -0.2) is 4.98 Å². The fraction of sp³-hybridized carbons (Fsp3) is 0.786. The van der Waals surface area contributed by atoms with Gasteiger partial charge in [0.25, 0.3) is 0 Å². The van der Waals surface area contributed by atoms with Gasteiger partial charge in [0.15, 0.2) is 0 Å². The molecule has 1 rings (SSSR count). The van der Waals surface area contributed by atoms with E-state index in [4.69, 9.17) is 5.73 Å². The molecule has 0 saturated heterocycles. The highest BCUT2D eigenvalue weighted by atomic mass is 15.1. The molecule has 0 aliphatic carbocycles. The maximum absolute atomic E-state index is 6.22. The van der Waals surface area contributed by atoms with E-state index in [2.05, 4.69) is 44.2 Å². The number of nitrogens with zero attached hydrogens (tertiary/aromatic N) is 2. The third-order valence-corrected chi connectivity index (χ3v) is 2.95. The maximum Gasteiger partial charge on any atom is 0.0948 e. The van der Waals surface area contributed by atoms with Crippen molar-refractivity contribution < 1.29 is 0 Å². The van der Waals surface area contributed by atoms with Crippen LogP contribution in [0.25, 0.3) is 0 Å². The monoisotopic (exact) mass is 237 g/mol. The van der Waals surface area contributed by atoms with E-state index in [-0.39, 0.29) is 6.04 Å². The molecule has 3 heteroatoms. The highest BCUT2D eigenvalue weighted by Crippen LogP contribution is 2.22. The molecule has 1 unspecified atom stereocenters. The quantitative estimate of drug-likeness (QED) is 0.853. The van der Waals surface area contributed by atoms with Gasteiger partial charge in [0.2, 0.25) is 0 Å². The average Bonchev–Trinajstić information content (AvgIpc) is 2.60. The van der Waals surface area contributed by atoms with E-state index < -0.39 is 0 Å². The van der Waals surface area contributed by atoms with E-state index in [1.807, 2.05) is 12.5 Å². The van der Waals surface area contributed by atoms with E-state index >= 15 is 0 Å². The highest BCUT2D eigenvalue weighted by Gasteiger charge is 2.15. The number of imidazole rings is 1. The maximum atomic E-state index is 6.22. The van der Waals surface area contributed by atoms with E-state index in [1.54, 1.807) is 0 Å². The molecule has 0 aromatic carbocycles. The summed E-state index contributed by atoms with van der Waals surface area (Å²) >= 11 is 0. The molecule has 0 aliphatic heterocycles. The Hall–Kier alpha value is -0.830. The van der Waals surface area contributed by atoms with Crippen LogP contribution in [0.15, 0.2) is 12.5 Å². The van der Waals surface area contributed by atoms with Crippen LogP contribution in [0.5, 0.6) is 0 Å². The zero-order chi connectivity index (χ0) is 13.1. The first-order valence-corrected chi connectivity index (χ1v) is 6.55. The lowest BCUT2D eigenvalue weighted by Crippen LogP contribution is -2.19. The first-order valence-electron chi connectivity index (χ1n) is 6.55. The van der Waals surface area contributed by atoms with Crippen molar-refractivity contribution in [2.24, 2.45) is 17.1 Å². The van der Waals surface area contributed by atoms with E-state index in [1.165, 1.54) is 5.69 Å². The highest BCUT2D eigenvalue weighted by molar-refractivity contribution is 5.04. The first-order chi connectivity index (χ1) is 7.79. The van der Waals surface area contributed by atoms with Crippen molar-refractivity contribution in [3.63, 3.8) is 0 Å². The zero-order valence-electron chi connectivity index (χ0n) is 11.9. The molecule has 0 spiro atoms. The standard InChI is InChI=1S/C14H27N3/c1-11(2)8-12(15)13-9-16-10-17(13)7-6-14(3,4)5/h9-12H,6-8,15H2,1-5H3. The lowest BCUT2D eigenvalue weighted by atomic mass is 9.92. The normalized spacial score (nSPS) is 14.3. The van der Waals surface area contributed by atoms with Crippen molar-refractivity contribution in [3.8, 4) is 0 Å². The second kappa shape index (κ2) is 5.67. The predicted molar refractivity (Wildman–Crippen MR) is 72.7 cm³/mol. The van der Waals surface area contributed by atoms with Crippen molar-refractivity contribution in [2.45, 2.75) is 60.0 Å². The minimum absolute atomic E-state index is 0.109. The van der Waals surface area contributed by atoms with Gasteiger partial charge in [-0.05, 0) is 24.2 Å². The van der Waals surface area contributed by atoms with Crippen LogP contribution in [-0.2, 0) is 6.54 Å². The van der Waals surface area contributed by atoms with Crippen LogP contribution < -0.4 is 5.73 Å². The molecule has 17 heavy (non-hydrogen) atoms. The summed E-state index contributed by atoms with van der Waals surface area (Å²) in [6.07, 6.45) is 5.98. The number of rotatable bonds is 5. The van der Waals surface area contributed by atoms with Gasteiger partial charge in [0.1, 0.15) is 0 Å². The zero-order valence-corrected chi connectivity index (χ0v) is 11.9. The Morgan fingerprint density at radius 1 is 1.35 bits per heavy atom. The van der Waals surface area contributed by atoms with Crippen molar-refractivity contribution in [2.75, 3.05) is 0 Å². The summed E-state index contributed by atoms with van der Waals surface area (Å²) in [4.78, 5) is 4.23. The average molecular weight is 237 g/mol. The SMILES string of the molecule is CC(C)CC(N)c1cncn1CCC(C)(C)C. The lowest BCUT2D eigenvalue weighted by Gasteiger charge is -2.21. The van der Waals surface area contributed by atoms with Crippen LogP contribution in [-0.4, -0.2) is 9.55 Å². The Kier molecular flexibility index (Phi) is 4.75. The van der Waals surface area contributed by atoms with Crippen LogP contribution in [0.4, 0.5) is 0 Å². The molecule has 0 fully saturated rings. The van der Waals surface area contributed by atoms with Crippen LogP contribution in [0, 0.1) is 11.3 Å². The molecule has 1 aromatic rings. The van der Waals surface area contributed by atoms with Crippen molar-refractivity contribution in [1.82, 2.24) is 9.55 Å². The molecular formula is C14H27N3. The lowest BCUT2D eigenvalue weighted by molar-refractivity contribution is 0.344. The Morgan fingerprint density at radius 2 is 2.00 bits per heavy atom. The Morgan fingerprint density at radius 3 is 2.53 bits per heavy atom. The number of hydrogen-bond donors (Lipinski definition) is 1. The summed E-state index contributed by atoms with van der Waals surface area (Å²) in [5.74, 6) is 0.621. The smallest absolute Gasteiger partial charge is 0.0948 e. The van der Waals surface area contributed by atoms with E-state index in [0.29, 0.717) is 11.3 Å². The van der Waals surface area contributed by atoms with Gasteiger partial charge in [0, 0.05) is 18.8 Å². The third-order valence-electron chi connectivity index (χ3n) is 2.95. The van der Waals surface area contributed by atoms with Gasteiger partial charge in [-0.15, -0.1) is 0 Å². The minimum Gasteiger partial charge on any atom is -0.333 e. The van der Waals surface area contributed by atoms with Crippen LogP contribution in [0.3, 0.4) is 0 Å². The molecule has 1 aromatic heterocycles. The topological polar surface area (TPSA) is 43.8 Å². The van der Waals surface area contributed by atoms with Crippen molar-refractivity contribution >= 4 is 0 Å².